The van der Waals surface area contributed by atoms with E-state index in [-0.39, 0.29) is 0 Å². The monoisotopic (exact) mass is 255 g/mol. The SMILES string of the molecule is COC(=O)c1ccc(N=C=O)c(Br)c1. The molecule has 0 atom stereocenters. The summed E-state index contributed by atoms with van der Waals surface area (Å²) in [6.45, 7) is 0. The van der Waals surface area contributed by atoms with Crippen molar-refractivity contribution in [3.63, 3.8) is 0 Å². The molecule has 0 amide bonds. The lowest BCUT2D eigenvalue weighted by Gasteiger charge is -2.00. The molecule has 4 nitrogen and oxygen atoms in total. The van der Waals surface area contributed by atoms with Crippen molar-refractivity contribution in [2.45, 2.75) is 0 Å². The molecule has 0 aromatic heterocycles. The number of nitrogens with zero attached hydrogens (tertiary/aromatic N) is 1. The Balaban J connectivity index is 3.12. The Bertz CT molecular complexity index is 411. The van der Waals surface area contributed by atoms with E-state index in [1.165, 1.54) is 31.4 Å². The van der Waals surface area contributed by atoms with Gasteiger partial charge in [-0.1, -0.05) is 0 Å². The van der Waals surface area contributed by atoms with Gasteiger partial charge in [-0.05, 0) is 34.1 Å². The van der Waals surface area contributed by atoms with E-state index < -0.39 is 5.97 Å². The minimum Gasteiger partial charge on any atom is -0.465 e. The number of rotatable bonds is 2. The molecular formula is C9H6BrNO3. The number of esters is 1. The number of ether oxygens (including phenoxy) is 1. The second kappa shape index (κ2) is 4.69. The van der Waals surface area contributed by atoms with Crippen molar-refractivity contribution >= 4 is 33.7 Å². The number of hydrogen-bond donors (Lipinski definition) is 0. The lowest BCUT2D eigenvalue weighted by molar-refractivity contribution is 0.0600. The quantitative estimate of drug-likeness (QED) is 0.463. The number of benzene rings is 1. The van der Waals surface area contributed by atoms with Gasteiger partial charge in [0.1, 0.15) is 0 Å². The van der Waals surface area contributed by atoms with Crippen molar-refractivity contribution in [3.05, 3.63) is 28.2 Å². The van der Waals surface area contributed by atoms with Gasteiger partial charge in [0.25, 0.3) is 0 Å². The molecule has 0 heterocycles. The minimum absolute atomic E-state index is 0.393. The summed E-state index contributed by atoms with van der Waals surface area (Å²) in [6, 6.07) is 4.58. The summed E-state index contributed by atoms with van der Waals surface area (Å²) in [4.78, 5) is 24.5. The van der Waals surface area contributed by atoms with Crippen LogP contribution in [0.2, 0.25) is 0 Å². The Kier molecular flexibility index (Phi) is 3.56. The number of isocyanates is 1. The highest BCUT2D eigenvalue weighted by Crippen LogP contribution is 2.25. The van der Waals surface area contributed by atoms with E-state index in [2.05, 4.69) is 25.7 Å². The normalized spacial score (nSPS) is 9.00. The molecule has 0 unspecified atom stereocenters. The number of carbonyl (C=O) groups excluding carboxylic acids is 2. The highest BCUT2D eigenvalue weighted by Gasteiger charge is 2.07. The van der Waals surface area contributed by atoms with Crippen LogP contribution in [0, 0.1) is 0 Å². The molecule has 0 aliphatic rings. The van der Waals surface area contributed by atoms with Crippen molar-refractivity contribution < 1.29 is 14.3 Å². The van der Waals surface area contributed by atoms with Gasteiger partial charge in [0.05, 0.1) is 18.4 Å². The van der Waals surface area contributed by atoms with Crippen LogP contribution in [0.5, 0.6) is 0 Å². The fraction of sp³-hybridized carbons (Fsp3) is 0.111. The molecule has 0 saturated heterocycles. The molecule has 0 aliphatic heterocycles. The van der Waals surface area contributed by atoms with E-state index in [1.807, 2.05) is 0 Å². The van der Waals surface area contributed by atoms with Gasteiger partial charge >= 0.3 is 5.97 Å². The van der Waals surface area contributed by atoms with Crippen molar-refractivity contribution in [2.75, 3.05) is 7.11 Å². The molecule has 0 spiro atoms. The summed E-state index contributed by atoms with van der Waals surface area (Å²) < 4.78 is 5.07. The molecule has 1 aromatic carbocycles. The third kappa shape index (κ3) is 2.28. The molecule has 0 radical (unpaired) electrons. The fourth-order valence-electron chi connectivity index (χ4n) is 0.892. The first kappa shape index (κ1) is 10.6. The third-order valence-corrected chi connectivity index (χ3v) is 2.17. The average molecular weight is 256 g/mol. The number of halogens is 1. The van der Waals surface area contributed by atoms with E-state index in [0.29, 0.717) is 15.7 Å². The first-order valence-electron chi connectivity index (χ1n) is 3.64. The minimum atomic E-state index is -0.438. The second-order valence-electron chi connectivity index (χ2n) is 2.36. The zero-order valence-electron chi connectivity index (χ0n) is 7.28. The van der Waals surface area contributed by atoms with Gasteiger partial charge in [0.15, 0.2) is 0 Å². The van der Waals surface area contributed by atoms with E-state index in [1.54, 1.807) is 0 Å². The summed E-state index contributed by atoms with van der Waals surface area (Å²) in [7, 11) is 1.30. The molecule has 0 aliphatic carbocycles. The van der Waals surface area contributed by atoms with E-state index >= 15 is 0 Å². The lowest BCUT2D eigenvalue weighted by Crippen LogP contribution is -2.00. The first-order valence-corrected chi connectivity index (χ1v) is 4.44. The maximum atomic E-state index is 11.1. The number of methoxy groups -OCH3 is 1. The van der Waals surface area contributed by atoms with Crippen LogP contribution in [0.4, 0.5) is 5.69 Å². The van der Waals surface area contributed by atoms with Crippen LogP contribution in [0.3, 0.4) is 0 Å². The van der Waals surface area contributed by atoms with E-state index in [9.17, 15) is 9.59 Å². The van der Waals surface area contributed by atoms with Gasteiger partial charge in [-0.3, -0.25) is 0 Å². The van der Waals surface area contributed by atoms with Gasteiger partial charge in [-0.2, -0.15) is 4.99 Å². The molecule has 0 saturated carbocycles. The predicted octanol–water partition coefficient (Wildman–Crippen LogP) is 2.20. The molecule has 1 aromatic rings. The summed E-state index contributed by atoms with van der Waals surface area (Å²) in [5.41, 5.74) is 0.817. The highest BCUT2D eigenvalue weighted by molar-refractivity contribution is 9.10. The summed E-state index contributed by atoms with van der Waals surface area (Å²) >= 11 is 3.17. The maximum absolute atomic E-state index is 11.1. The fourth-order valence-corrected chi connectivity index (χ4v) is 1.36. The van der Waals surface area contributed by atoms with Gasteiger partial charge in [0.2, 0.25) is 6.08 Å². The Labute approximate surface area is 88.7 Å². The summed E-state index contributed by atoms with van der Waals surface area (Å²) in [5.74, 6) is -0.438. The molecule has 0 N–H and O–H groups in total. The Morgan fingerprint density at radius 3 is 2.79 bits per heavy atom. The van der Waals surface area contributed by atoms with Crippen molar-refractivity contribution in [3.8, 4) is 0 Å². The Morgan fingerprint density at radius 2 is 2.29 bits per heavy atom. The first-order chi connectivity index (χ1) is 6.69. The van der Waals surface area contributed by atoms with Gasteiger partial charge in [-0.15, -0.1) is 0 Å². The zero-order valence-corrected chi connectivity index (χ0v) is 8.87. The van der Waals surface area contributed by atoms with Crippen LogP contribution < -0.4 is 0 Å². The van der Waals surface area contributed by atoms with Gasteiger partial charge < -0.3 is 4.74 Å². The zero-order chi connectivity index (χ0) is 10.6. The Hall–Kier alpha value is -1.45. The van der Waals surface area contributed by atoms with Crippen LogP contribution >= 0.6 is 15.9 Å². The number of carbonyl (C=O) groups is 1. The van der Waals surface area contributed by atoms with E-state index in [0.717, 1.165) is 0 Å². The molecule has 5 heteroatoms. The van der Waals surface area contributed by atoms with Crippen molar-refractivity contribution in [1.82, 2.24) is 0 Å². The molecule has 1 rings (SSSR count). The third-order valence-electron chi connectivity index (χ3n) is 1.53. The maximum Gasteiger partial charge on any atom is 0.337 e. The van der Waals surface area contributed by atoms with Gasteiger partial charge in [-0.25, -0.2) is 9.59 Å². The summed E-state index contributed by atoms with van der Waals surface area (Å²) in [6.07, 6.45) is 1.42. The largest absolute Gasteiger partial charge is 0.465 e. The average Bonchev–Trinajstić information content (AvgIpc) is 2.20. The van der Waals surface area contributed by atoms with Crippen molar-refractivity contribution in [1.29, 1.82) is 0 Å². The van der Waals surface area contributed by atoms with Crippen LogP contribution in [0.25, 0.3) is 0 Å². The Morgan fingerprint density at radius 1 is 1.57 bits per heavy atom. The topological polar surface area (TPSA) is 55.7 Å². The number of hydrogen-bond acceptors (Lipinski definition) is 4. The smallest absolute Gasteiger partial charge is 0.337 e. The van der Waals surface area contributed by atoms with Gasteiger partial charge in [0, 0.05) is 4.47 Å². The van der Waals surface area contributed by atoms with Crippen LogP contribution in [-0.2, 0) is 9.53 Å². The highest BCUT2D eigenvalue weighted by atomic mass is 79.9. The molecule has 72 valence electrons. The van der Waals surface area contributed by atoms with Crippen LogP contribution in [0.15, 0.2) is 27.7 Å². The van der Waals surface area contributed by atoms with Crippen LogP contribution in [-0.4, -0.2) is 19.2 Å². The van der Waals surface area contributed by atoms with Crippen LogP contribution in [0.1, 0.15) is 10.4 Å². The summed E-state index contributed by atoms with van der Waals surface area (Å²) in [5, 5.41) is 0. The lowest BCUT2D eigenvalue weighted by atomic mass is 10.2. The van der Waals surface area contributed by atoms with E-state index in [4.69, 9.17) is 0 Å². The molecule has 0 fully saturated rings. The standard InChI is InChI=1S/C9H6BrNO3/c1-14-9(13)6-2-3-8(11-5-12)7(10)4-6/h2-4H,1H3. The number of aliphatic imine (C=N–C) groups is 1. The van der Waals surface area contributed by atoms with Crippen molar-refractivity contribution in [2.24, 2.45) is 4.99 Å². The molecule has 0 bridgehead atoms. The predicted molar refractivity (Wildman–Crippen MR) is 53.3 cm³/mol. The molecule has 14 heavy (non-hydrogen) atoms. The molecular weight excluding hydrogens is 250 g/mol. The second-order valence-corrected chi connectivity index (χ2v) is 3.22.